The van der Waals surface area contributed by atoms with Gasteiger partial charge in [0.2, 0.25) is 0 Å². The Balaban J connectivity index is 2.42. The Morgan fingerprint density at radius 3 is 2.37 bits per heavy atom. The molecule has 2 aromatic rings. The van der Waals surface area contributed by atoms with Crippen LogP contribution in [0.25, 0.3) is 10.8 Å². The minimum atomic E-state index is -0.999. The highest BCUT2D eigenvalue weighted by Crippen LogP contribution is 2.24. The SMILES string of the molecule is O=C(O)c1ccc2cc(C(O)C(O)CS)ccc2c1. The highest BCUT2D eigenvalue weighted by Gasteiger charge is 2.17. The molecule has 0 spiro atoms. The molecule has 0 fully saturated rings. The molecule has 19 heavy (non-hydrogen) atoms. The molecule has 0 aliphatic heterocycles. The lowest BCUT2D eigenvalue weighted by atomic mass is 9.99. The first-order valence-corrected chi connectivity index (χ1v) is 6.40. The molecule has 0 aliphatic carbocycles. The predicted octanol–water partition coefficient (Wildman–Crippen LogP) is 1.86. The molecule has 0 saturated carbocycles. The number of carboxylic acid groups (broad SMARTS) is 1. The van der Waals surface area contributed by atoms with Crippen LogP contribution in [-0.2, 0) is 0 Å². The molecule has 0 amide bonds. The van der Waals surface area contributed by atoms with E-state index in [-0.39, 0.29) is 11.3 Å². The van der Waals surface area contributed by atoms with Gasteiger partial charge >= 0.3 is 5.97 Å². The molecule has 0 aromatic heterocycles. The van der Waals surface area contributed by atoms with E-state index in [4.69, 9.17) is 5.11 Å². The summed E-state index contributed by atoms with van der Waals surface area (Å²) in [6, 6.07) is 9.90. The lowest BCUT2D eigenvalue weighted by molar-refractivity contribution is 0.0338. The van der Waals surface area contributed by atoms with Crippen LogP contribution in [0.15, 0.2) is 36.4 Å². The molecule has 4 nitrogen and oxygen atoms in total. The van der Waals surface area contributed by atoms with Gasteiger partial charge in [-0.2, -0.15) is 12.6 Å². The van der Waals surface area contributed by atoms with Crippen LogP contribution in [0.5, 0.6) is 0 Å². The van der Waals surface area contributed by atoms with Crippen molar-refractivity contribution in [3.63, 3.8) is 0 Å². The zero-order valence-corrected chi connectivity index (χ0v) is 10.9. The molecule has 0 bridgehead atoms. The largest absolute Gasteiger partial charge is 0.478 e. The van der Waals surface area contributed by atoms with Gasteiger partial charge in [0.05, 0.1) is 11.7 Å². The molecule has 2 unspecified atom stereocenters. The summed E-state index contributed by atoms with van der Waals surface area (Å²) in [5, 5.41) is 30.0. The van der Waals surface area contributed by atoms with E-state index in [9.17, 15) is 15.0 Å². The van der Waals surface area contributed by atoms with Gasteiger partial charge in [0, 0.05) is 5.75 Å². The lowest BCUT2D eigenvalue weighted by Gasteiger charge is -2.16. The van der Waals surface area contributed by atoms with Gasteiger partial charge in [-0.1, -0.05) is 18.2 Å². The molecule has 5 heteroatoms. The molecular weight excluding hydrogens is 264 g/mol. The van der Waals surface area contributed by atoms with E-state index >= 15 is 0 Å². The summed E-state index contributed by atoms with van der Waals surface area (Å²) < 4.78 is 0. The van der Waals surface area contributed by atoms with Crippen molar-refractivity contribution in [3.05, 3.63) is 47.5 Å². The van der Waals surface area contributed by atoms with Crippen molar-refractivity contribution in [1.29, 1.82) is 0 Å². The van der Waals surface area contributed by atoms with Gasteiger partial charge in [0.25, 0.3) is 0 Å². The van der Waals surface area contributed by atoms with E-state index in [1.165, 1.54) is 6.07 Å². The fraction of sp³-hybridized carbons (Fsp3) is 0.214. The van der Waals surface area contributed by atoms with Gasteiger partial charge in [-0.15, -0.1) is 0 Å². The Morgan fingerprint density at radius 2 is 1.74 bits per heavy atom. The molecule has 2 rings (SSSR count). The molecule has 0 radical (unpaired) electrons. The van der Waals surface area contributed by atoms with Crippen molar-refractivity contribution in [3.8, 4) is 0 Å². The zero-order chi connectivity index (χ0) is 14.0. The maximum absolute atomic E-state index is 10.9. The first kappa shape index (κ1) is 13.9. The van der Waals surface area contributed by atoms with Crippen LogP contribution >= 0.6 is 12.6 Å². The Morgan fingerprint density at radius 1 is 1.11 bits per heavy atom. The summed E-state index contributed by atoms with van der Waals surface area (Å²) in [6.07, 6.45) is -1.93. The summed E-state index contributed by atoms with van der Waals surface area (Å²) >= 11 is 3.94. The monoisotopic (exact) mass is 278 g/mol. The summed E-state index contributed by atoms with van der Waals surface area (Å²) in [5.41, 5.74) is 0.799. The van der Waals surface area contributed by atoms with Crippen molar-refractivity contribution in [1.82, 2.24) is 0 Å². The van der Waals surface area contributed by atoms with Crippen molar-refractivity contribution < 1.29 is 20.1 Å². The van der Waals surface area contributed by atoms with Gasteiger partial charge in [0.1, 0.15) is 6.10 Å². The van der Waals surface area contributed by atoms with Gasteiger partial charge in [-0.25, -0.2) is 4.79 Å². The Bertz CT molecular complexity index is 611. The number of carbonyl (C=O) groups is 1. The second kappa shape index (κ2) is 5.61. The number of hydrogen-bond donors (Lipinski definition) is 4. The van der Waals surface area contributed by atoms with Crippen molar-refractivity contribution in [2.75, 3.05) is 5.75 Å². The molecule has 0 saturated heterocycles. The highest BCUT2D eigenvalue weighted by atomic mass is 32.1. The topological polar surface area (TPSA) is 77.8 Å². The van der Waals surface area contributed by atoms with Gasteiger partial charge in [-0.3, -0.25) is 0 Å². The average Bonchev–Trinajstić information content (AvgIpc) is 2.44. The number of carboxylic acids is 1. The number of aliphatic hydroxyl groups is 2. The van der Waals surface area contributed by atoms with E-state index in [2.05, 4.69) is 12.6 Å². The Kier molecular flexibility index (Phi) is 4.09. The number of fused-ring (bicyclic) bond motifs is 1. The van der Waals surface area contributed by atoms with E-state index < -0.39 is 18.2 Å². The van der Waals surface area contributed by atoms with Crippen LogP contribution in [0, 0.1) is 0 Å². The van der Waals surface area contributed by atoms with Crippen molar-refractivity contribution in [2.45, 2.75) is 12.2 Å². The van der Waals surface area contributed by atoms with E-state index in [0.29, 0.717) is 5.56 Å². The van der Waals surface area contributed by atoms with Gasteiger partial charge in [0.15, 0.2) is 0 Å². The molecule has 3 N–H and O–H groups in total. The summed E-state index contributed by atoms with van der Waals surface area (Å²) in [6.45, 7) is 0. The molecular formula is C14H14O4S. The zero-order valence-electron chi connectivity index (χ0n) is 10.0. The van der Waals surface area contributed by atoms with Gasteiger partial charge < -0.3 is 15.3 Å². The Hall–Kier alpha value is -1.56. The molecule has 0 heterocycles. The minimum Gasteiger partial charge on any atom is -0.478 e. The quantitative estimate of drug-likeness (QED) is 0.644. The standard InChI is InChI=1S/C14H14O4S/c15-12(7-19)13(16)10-3-1-9-6-11(14(17)18)4-2-8(9)5-10/h1-6,12-13,15-16,19H,7H2,(H,17,18). The van der Waals surface area contributed by atoms with Crippen LogP contribution in [0.4, 0.5) is 0 Å². The van der Waals surface area contributed by atoms with E-state index in [1.54, 1.807) is 30.3 Å². The van der Waals surface area contributed by atoms with Crippen LogP contribution < -0.4 is 0 Å². The second-order valence-corrected chi connectivity index (χ2v) is 4.69. The number of benzene rings is 2. The third-order valence-corrected chi connectivity index (χ3v) is 3.38. The highest BCUT2D eigenvalue weighted by molar-refractivity contribution is 7.80. The predicted molar refractivity (Wildman–Crippen MR) is 75.7 cm³/mol. The van der Waals surface area contributed by atoms with Crippen LogP contribution in [0.1, 0.15) is 22.0 Å². The van der Waals surface area contributed by atoms with E-state index in [1.807, 2.05) is 0 Å². The minimum absolute atomic E-state index is 0.164. The first-order chi connectivity index (χ1) is 9.02. The fourth-order valence-corrected chi connectivity index (χ4v) is 2.10. The fourth-order valence-electron chi connectivity index (χ4n) is 1.90. The summed E-state index contributed by atoms with van der Waals surface area (Å²) in [7, 11) is 0. The maximum atomic E-state index is 10.9. The first-order valence-electron chi connectivity index (χ1n) is 5.77. The average molecular weight is 278 g/mol. The van der Waals surface area contributed by atoms with Crippen LogP contribution in [0.3, 0.4) is 0 Å². The number of aromatic carboxylic acids is 1. The third kappa shape index (κ3) is 2.89. The number of aliphatic hydroxyl groups excluding tert-OH is 2. The molecule has 100 valence electrons. The van der Waals surface area contributed by atoms with Crippen molar-refractivity contribution in [2.24, 2.45) is 0 Å². The third-order valence-electron chi connectivity index (χ3n) is 3.00. The second-order valence-electron chi connectivity index (χ2n) is 4.32. The smallest absolute Gasteiger partial charge is 0.335 e. The van der Waals surface area contributed by atoms with Crippen LogP contribution in [0.2, 0.25) is 0 Å². The Labute approximate surface area is 115 Å². The molecule has 2 aromatic carbocycles. The summed E-state index contributed by atoms with van der Waals surface area (Å²) in [5.74, 6) is -0.812. The number of thiol groups is 1. The molecule has 2 atom stereocenters. The normalized spacial score (nSPS) is 14.3. The number of rotatable bonds is 4. The lowest BCUT2D eigenvalue weighted by Crippen LogP contribution is -2.19. The van der Waals surface area contributed by atoms with E-state index in [0.717, 1.165) is 10.8 Å². The maximum Gasteiger partial charge on any atom is 0.335 e. The van der Waals surface area contributed by atoms with Crippen molar-refractivity contribution >= 4 is 29.4 Å². The summed E-state index contributed by atoms with van der Waals surface area (Å²) in [4.78, 5) is 10.9. The van der Waals surface area contributed by atoms with Gasteiger partial charge in [-0.05, 0) is 34.5 Å². The number of hydrogen-bond acceptors (Lipinski definition) is 4. The van der Waals surface area contributed by atoms with Crippen LogP contribution in [-0.4, -0.2) is 33.1 Å². The molecule has 0 aliphatic rings.